The molecule has 4 atom stereocenters. The summed E-state index contributed by atoms with van der Waals surface area (Å²) in [5.74, 6) is 0.426. The van der Waals surface area contributed by atoms with Crippen molar-refractivity contribution < 1.29 is 4.79 Å². The van der Waals surface area contributed by atoms with Gasteiger partial charge in [0, 0.05) is 24.7 Å². The van der Waals surface area contributed by atoms with E-state index in [0.29, 0.717) is 12.1 Å². The quantitative estimate of drug-likeness (QED) is 0.811. The summed E-state index contributed by atoms with van der Waals surface area (Å²) < 4.78 is 0. The van der Waals surface area contributed by atoms with Gasteiger partial charge in [0.2, 0.25) is 5.91 Å². The Morgan fingerprint density at radius 2 is 2.16 bits per heavy atom. The highest BCUT2D eigenvalue weighted by atomic mass is 16.2. The Kier molecular flexibility index (Phi) is 4.21. The minimum absolute atomic E-state index is 0.142. The minimum atomic E-state index is 0.142. The molecule has 0 spiro atoms. The van der Waals surface area contributed by atoms with Crippen LogP contribution in [-0.4, -0.2) is 42.0 Å². The number of carbonyl (C=O) groups is 1. The van der Waals surface area contributed by atoms with Gasteiger partial charge in [0.1, 0.15) is 0 Å². The van der Waals surface area contributed by atoms with Crippen LogP contribution in [0.4, 0.5) is 0 Å². The van der Waals surface area contributed by atoms with Crippen molar-refractivity contribution in [1.82, 2.24) is 10.2 Å². The Morgan fingerprint density at radius 1 is 1.47 bits per heavy atom. The van der Waals surface area contributed by atoms with Gasteiger partial charge in [0.05, 0.1) is 5.92 Å². The average molecular weight is 267 g/mol. The topological polar surface area (TPSA) is 58.4 Å². The zero-order valence-electron chi connectivity index (χ0n) is 12.8. The molecule has 0 bridgehead atoms. The minimum Gasteiger partial charge on any atom is -0.354 e. The van der Waals surface area contributed by atoms with Gasteiger partial charge in [-0.05, 0) is 31.2 Å². The maximum atomic E-state index is 11.9. The summed E-state index contributed by atoms with van der Waals surface area (Å²) >= 11 is 0. The second-order valence-electron chi connectivity index (χ2n) is 7.18. The highest BCUT2D eigenvalue weighted by molar-refractivity contribution is 5.82. The van der Waals surface area contributed by atoms with Crippen LogP contribution < -0.4 is 11.1 Å². The van der Waals surface area contributed by atoms with Crippen molar-refractivity contribution in [3.63, 3.8) is 0 Å². The molecule has 3 N–H and O–H groups in total. The van der Waals surface area contributed by atoms with E-state index in [9.17, 15) is 4.79 Å². The van der Waals surface area contributed by atoms with Crippen LogP contribution in [0.2, 0.25) is 0 Å². The molecule has 1 amide bonds. The SMILES string of the molecule is CCC(N)C(N1CCCC2C(=O)NCC21)C(C)(C)C. The van der Waals surface area contributed by atoms with E-state index in [1.54, 1.807) is 0 Å². The van der Waals surface area contributed by atoms with E-state index in [1.807, 2.05) is 0 Å². The Labute approximate surface area is 117 Å². The third-order valence-corrected chi connectivity index (χ3v) is 4.77. The maximum absolute atomic E-state index is 11.9. The normalized spacial score (nSPS) is 31.7. The van der Waals surface area contributed by atoms with Crippen LogP contribution in [-0.2, 0) is 4.79 Å². The highest BCUT2D eigenvalue weighted by Crippen LogP contribution is 2.35. The molecule has 2 saturated heterocycles. The molecule has 2 rings (SSSR count). The lowest BCUT2D eigenvalue weighted by atomic mass is 9.77. The van der Waals surface area contributed by atoms with Crippen molar-refractivity contribution in [3.8, 4) is 0 Å². The number of fused-ring (bicyclic) bond motifs is 1. The number of carbonyl (C=O) groups excluding carboxylic acids is 1. The van der Waals surface area contributed by atoms with Gasteiger partial charge in [-0.25, -0.2) is 0 Å². The fraction of sp³-hybridized carbons (Fsp3) is 0.933. The van der Waals surface area contributed by atoms with Crippen LogP contribution in [0.1, 0.15) is 47.0 Å². The Morgan fingerprint density at radius 3 is 2.74 bits per heavy atom. The predicted molar refractivity (Wildman–Crippen MR) is 77.7 cm³/mol. The number of nitrogens with two attached hydrogens (primary N) is 1. The third kappa shape index (κ3) is 2.79. The molecule has 4 heteroatoms. The number of nitrogens with one attached hydrogen (secondary N) is 1. The van der Waals surface area contributed by atoms with Gasteiger partial charge in [-0.1, -0.05) is 27.7 Å². The zero-order valence-corrected chi connectivity index (χ0v) is 12.8. The second-order valence-corrected chi connectivity index (χ2v) is 7.18. The lowest BCUT2D eigenvalue weighted by Gasteiger charge is -2.49. The number of likely N-dealkylation sites (tertiary alicyclic amines) is 1. The first kappa shape index (κ1) is 14.8. The number of nitrogens with zero attached hydrogens (tertiary/aromatic N) is 1. The van der Waals surface area contributed by atoms with Crippen molar-refractivity contribution in [2.75, 3.05) is 13.1 Å². The van der Waals surface area contributed by atoms with Crippen LogP contribution in [0, 0.1) is 11.3 Å². The first-order valence-electron chi connectivity index (χ1n) is 7.65. The van der Waals surface area contributed by atoms with Gasteiger partial charge < -0.3 is 11.1 Å². The largest absolute Gasteiger partial charge is 0.354 e. The Bertz CT molecular complexity index is 337. The van der Waals surface area contributed by atoms with E-state index >= 15 is 0 Å². The van der Waals surface area contributed by atoms with Crippen molar-refractivity contribution in [1.29, 1.82) is 0 Å². The van der Waals surface area contributed by atoms with E-state index in [4.69, 9.17) is 5.73 Å². The van der Waals surface area contributed by atoms with E-state index in [-0.39, 0.29) is 23.3 Å². The molecule has 4 unspecified atom stereocenters. The standard InChI is InChI=1S/C15H29N3O/c1-5-11(16)13(15(2,3)4)18-8-6-7-10-12(18)9-17-14(10)19/h10-13H,5-9,16H2,1-4H3,(H,17,19). The molecule has 2 aliphatic heterocycles. The van der Waals surface area contributed by atoms with E-state index in [1.165, 1.54) is 0 Å². The molecular formula is C15H29N3O. The van der Waals surface area contributed by atoms with Crippen LogP contribution in [0.3, 0.4) is 0 Å². The van der Waals surface area contributed by atoms with Gasteiger partial charge in [0.15, 0.2) is 0 Å². The van der Waals surface area contributed by atoms with Gasteiger partial charge >= 0.3 is 0 Å². The monoisotopic (exact) mass is 267 g/mol. The predicted octanol–water partition coefficient (Wildman–Crippen LogP) is 1.35. The number of amides is 1. The van der Waals surface area contributed by atoms with Crippen molar-refractivity contribution in [3.05, 3.63) is 0 Å². The van der Waals surface area contributed by atoms with Gasteiger partial charge in [-0.15, -0.1) is 0 Å². The summed E-state index contributed by atoms with van der Waals surface area (Å²) in [4.78, 5) is 14.4. The molecule has 4 nitrogen and oxygen atoms in total. The molecule has 0 radical (unpaired) electrons. The summed E-state index contributed by atoms with van der Waals surface area (Å²) in [7, 11) is 0. The number of piperidine rings is 1. The number of hydrogen-bond donors (Lipinski definition) is 2. The second kappa shape index (κ2) is 5.41. The molecule has 0 aromatic rings. The molecule has 2 fully saturated rings. The third-order valence-electron chi connectivity index (χ3n) is 4.77. The lowest BCUT2D eigenvalue weighted by Crippen LogP contribution is -2.61. The Balaban J connectivity index is 2.23. The van der Waals surface area contributed by atoms with E-state index in [2.05, 4.69) is 37.9 Å². The fourth-order valence-electron chi connectivity index (χ4n) is 3.94. The van der Waals surface area contributed by atoms with Crippen LogP contribution >= 0.6 is 0 Å². The lowest BCUT2D eigenvalue weighted by molar-refractivity contribution is -0.124. The molecule has 0 aromatic carbocycles. The smallest absolute Gasteiger partial charge is 0.224 e. The van der Waals surface area contributed by atoms with Gasteiger partial charge in [-0.3, -0.25) is 9.69 Å². The molecule has 0 aliphatic carbocycles. The van der Waals surface area contributed by atoms with Crippen LogP contribution in [0.25, 0.3) is 0 Å². The van der Waals surface area contributed by atoms with E-state index in [0.717, 1.165) is 32.4 Å². The van der Waals surface area contributed by atoms with Crippen molar-refractivity contribution in [2.45, 2.75) is 65.1 Å². The first-order chi connectivity index (χ1) is 8.86. The molecule has 0 saturated carbocycles. The summed E-state index contributed by atoms with van der Waals surface area (Å²) in [6.45, 7) is 10.8. The number of hydrogen-bond acceptors (Lipinski definition) is 3. The van der Waals surface area contributed by atoms with Crippen molar-refractivity contribution >= 4 is 5.91 Å². The van der Waals surface area contributed by atoms with E-state index < -0.39 is 0 Å². The first-order valence-corrected chi connectivity index (χ1v) is 7.65. The summed E-state index contributed by atoms with van der Waals surface area (Å²) in [5.41, 5.74) is 6.55. The summed E-state index contributed by atoms with van der Waals surface area (Å²) in [5, 5.41) is 3.03. The molecule has 0 aromatic heterocycles. The summed E-state index contributed by atoms with van der Waals surface area (Å²) in [6.07, 6.45) is 3.13. The number of rotatable bonds is 3. The molecule has 110 valence electrons. The maximum Gasteiger partial charge on any atom is 0.224 e. The van der Waals surface area contributed by atoms with Crippen molar-refractivity contribution in [2.24, 2.45) is 17.1 Å². The Hall–Kier alpha value is -0.610. The average Bonchev–Trinajstić information content (AvgIpc) is 2.71. The highest BCUT2D eigenvalue weighted by Gasteiger charge is 2.46. The molecule has 19 heavy (non-hydrogen) atoms. The van der Waals surface area contributed by atoms with Crippen LogP contribution in [0.15, 0.2) is 0 Å². The molecule has 2 heterocycles. The molecular weight excluding hydrogens is 238 g/mol. The fourth-order valence-corrected chi connectivity index (χ4v) is 3.94. The zero-order chi connectivity index (χ0) is 14.2. The van der Waals surface area contributed by atoms with Gasteiger partial charge in [0.25, 0.3) is 0 Å². The summed E-state index contributed by atoms with van der Waals surface area (Å²) in [6, 6.07) is 0.871. The van der Waals surface area contributed by atoms with Crippen LogP contribution in [0.5, 0.6) is 0 Å². The molecule has 2 aliphatic rings. The van der Waals surface area contributed by atoms with Gasteiger partial charge in [-0.2, -0.15) is 0 Å².